The molecule has 4 aromatic rings. The zero-order valence-corrected chi connectivity index (χ0v) is 19.0. The van der Waals surface area contributed by atoms with Crippen molar-refractivity contribution in [2.45, 2.75) is 19.8 Å². The molecule has 6 rings (SSSR count). The lowest BCUT2D eigenvalue weighted by atomic mass is 9.94. The quantitative estimate of drug-likeness (QED) is 0.288. The van der Waals surface area contributed by atoms with Crippen LogP contribution in [0.2, 0.25) is 0 Å². The zero-order valence-electron chi connectivity index (χ0n) is 19.0. The van der Waals surface area contributed by atoms with Crippen LogP contribution in [0.1, 0.15) is 41.4 Å². The largest absolute Gasteiger partial charge is 0.493 e. The third-order valence-corrected chi connectivity index (χ3v) is 6.39. The van der Waals surface area contributed by atoms with Crippen molar-refractivity contribution >= 4 is 22.3 Å². The monoisotopic (exact) mass is 448 g/mol. The molecule has 3 aromatic carbocycles. The Labute approximate surface area is 198 Å². The van der Waals surface area contributed by atoms with Crippen LogP contribution in [-0.4, -0.2) is 12.4 Å². The molecule has 0 spiro atoms. The van der Waals surface area contributed by atoms with E-state index in [2.05, 4.69) is 6.58 Å². The Balaban J connectivity index is 1.52. The number of ketones is 1. The number of hydrogen-bond donors (Lipinski definition) is 0. The predicted octanol–water partition coefficient (Wildman–Crippen LogP) is 7.43. The van der Waals surface area contributed by atoms with Gasteiger partial charge in [-0.3, -0.25) is 4.79 Å². The molecule has 0 radical (unpaired) electrons. The summed E-state index contributed by atoms with van der Waals surface area (Å²) in [6.45, 7) is 6.72. The van der Waals surface area contributed by atoms with E-state index in [4.69, 9.17) is 13.9 Å². The van der Waals surface area contributed by atoms with Crippen molar-refractivity contribution in [1.29, 1.82) is 0 Å². The van der Waals surface area contributed by atoms with Crippen molar-refractivity contribution in [2.24, 2.45) is 5.92 Å². The molecule has 2 heterocycles. The second-order valence-electron chi connectivity index (χ2n) is 8.99. The Bertz CT molecular complexity index is 1470. The molecule has 0 N–H and O–H groups in total. The number of fused-ring (bicyclic) bond motifs is 3. The summed E-state index contributed by atoms with van der Waals surface area (Å²) in [5, 5.41) is 0.779. The van der Waals surface area contributed by atoms with E-state index in [1.165, 1.54) is 12.8 Å². The van der Waals surface area contributed by atoms with Gasteiger partial charge in [0, 0.05) is 16.7 Å². The number of carbonyl (C=O) groups excluding carboxylic acids is 1. The van der Waals surface area contributed by atoms with E-state index >= 15 is 0 Å². The maximum atomic E-state index is 13.8. The van der Waals surface area contributed by atoms with Crippen molar-refractivity contribution in [3.63, 3.8) is 0 Å². The van der Waals surface area contributed by atoms with Gasteiger partial charge in [0.1, 0.15) is 22.8 Å². The summed E-state index contributed by atoms with van der Waals surface area (Å²) in [6.07, 6.45) is 4.34. The molecule has 168 valence electrons. The van der Waals surface area contributed by atoms with Crippen LogP contribution >= 0.6 is 0 Å². The second-order valence-corrected chi connectivity index (χ2v) is 8.99. The molecule has 1 aliphatic heterocycles. The van der Waals surface area contributed by atoms with Gasteiger partial charge in [0.15, 0.2) is 5.76 Å². The van der Waals surface area contributed by atoms with Crippen molar-refractivity contribution in [3.05, 3.63) is 102 Å². The SMILES string of the molecule is C=C1C=C(C)c2ccc3oc(C(=O)c4cccc(OCC5CC5)c4)c(-c4ccccc4)c3c2O1. The third kappa shape index (κ3) is 3.61. The van der Waals surface area contributed by atoms with Gasteiger partial charge in [-0.2, -0.15) is 0 Å². The molecule has 4 nitrogen and oxygen atoms in total. The summed E-state index contributed by atoms with van der Waals surface area (Å²) in [6, 6.07) is 21.0. The second kappa shape index (κ2) is 8.07. The van der Waals surface area contributed by atoms with Gasteiger partial charge in [0.05, 0.1) is 12.0 Å². The first-order chi connectivity index (χ1) is 16.6. The summed E-state index contributed by atoms with van der Waals surface area (Å²) >= 11 is 0. The molecule has 4 heteroatoms. The highest BCUT2D eigenvalue weighted by atomic mass is 16.5. The lowest BCUT2D eigenvalue weighted by molar-refractivity contribution is 0.101. The fourth-order valence-electron chi connectivity index (χ4n) is 4.45. The first-order valence-electron chi connectivity index (χ1n) is 11.6. The highest BCUT2D eigenvalue weighted by molar-refractivity contribution is 6.17. The van der Waals surface area contributed by atoms with E-state index in [0.717, 1.165) is 27.6 Å². The van der Waals surface area contributed by atoms with Crippen LogP contribution in [0.3, 0.4) is 0 Å². The molecule has 1 aromatic heterocycles. The third-order valence-electron chi connectivity index (χ3n) is 6.39. The number of benzene rings is 3. The average molecular weight is 449 g/mol. The molecule has 0 atom stereocenters. The molecule has 0 amide bonds. The molecule has 1 saturated carbocycles. The Morgan fingerprint density at radius 3 is 2.68 bits per heavy atom. The summed E-state index contributed by atoms with van der Waals surface area (Å²) in [5.41, 5.74) is 4.77. The van der Waals surface area contributed by atoms with Crippen LogP contribution in [-0.2, 0) is 0 Å². The van der Waals surface area contributed by atoms with E-state index in [1.807, 2.05) is 67.6 Å². The Morgan fingerprint density at radius 1 is 1.06 bits per heavy atom. The topological polar surface area (TPSA) is 48.7 Å². The summed E-state index contributed by atoms with van der Waals surface area (Å²) in [4.78, 5) is 13.8. The van der Waals surface area contributed by atoms with Crippen LogP contribution in [0.4, 0.5) is 0 Å². The molecule has 2 aliphatic rings. The minimum atomic E-state index is -0.192. The van der Waals surface area contributed by atoms with Gasteiger partial charge < -0.3 is 13.9 Å². The van der Waals surface area contributed by atoms with Crippen LogP contribution in [0.15, 0.2) is 89.6 Å². The Kier molecular flexibility index (Phi) is 4.88. The fraction of sp³-hybridized carbons (Fsp3) is 0.167. The van der Waals surface area contributed by atoms with Gasteiger partial charge in [-0.05, 0) is 67.2 Å². The van der Waals surface area contributed by atoms with E-state index in [-0.39, 0.29) is 11.5 Å². The number of ether oxygens (including phenoxy) is 2. The molecule has 34 heavy (non-hydrogen) atoms. The van der Waals surface area contributed by atoms with E-state index in [1.54, 1.807) is 12.1 Å². The van der Waals surface area contributed by atoms with Crippen molar-refractivity contribution in [2.75, 3.05) is 6.61 Å². The standard InChI is InChI=1S/C30H24O4/c1-18-15-19(2)33-29-24(18)13-14-25-27(29)26(21-7-4-3-5-8-21)30(34-25)28(31)22-9-6-10-23(16-22)32-17-20-11-12-20/h3-10,13-16,20H,2,11-12,17H2,1H3. The highest BCUT2D eigenvalue weighted by Gasteiger charge is 2.29. The number of rotatable bonds is 6. The Hall–Kier alpha value is -4.05. The highest BCUT2D eigenvalue weighted by Crippen LogP contribution is 2.46. The fourth-order valence-corrected chi connectivity index (χ4v) is 4.45. The van der Waals surface area contributed by atoms with Crippen LogP contribution in [0, 0.1) is 5.92 Å². The lowest BCUT2D eigenvalue weighted by Gasteiger charge is -2.18. The van der Waals surface area contributed by atoms with Gasteiger partial charge in [-0.25, -0.2) is 0 Å². The van der Waals surface area contributed by atoms with Crippen LogP contribution in [0.25, 0.3) is 27.7 Å². The van der Waals surface area contributed by atoms with Gasteiger partial charge >= 0.3 is 0 Å². The normalized spacial score (nSPS) is 15.0. The zero-order chi connectivity index (χ0) is 23.2. The van der Waals surface area contributed by atoms with Crippen LogP contribution in [0.5, 0.6) is 11.5 Å². The average Bonchev–Trinajstić information content (AvgIpc) is 3.60. The molecule has 0 saturated heterocycles. The first-order valence-corrected chi connectivity index (χ1v) is 11.6. The molecular weight excluding hydrogens is 424 g/mol. The number of allylic oxidation sites excluding steroid dienone is 2. The van der Waals surface area contributed by atoms with Crippen LogP contribution < -0.4 is 9.47 Å². The molecule has 0 bridgehead atoms. The number of furan rings is 1. The Morgan fingerprint density at radius 2 is 1.88 bits per heavy atom. The van der Waals surface area contributed by atoms with E-state index in [0.29, 0.717) is 40.9 Å². The van der Waals surface area contributed by atoms with Crippen molar-refractivity contribution in [1.82, 2.24) is 0 Å². The maximum absolute atomic E-state index is 13.8. The molecular formula is C30H24O4. The smallest absolute Gasteiger partial charge is 0.229 e. The van der Waals surface area contributed by atoms with Crippen molar-refractivity contribution in [3.8, 4) is 22.6 Å². The van der Waals surface area contributed by atoms with Gasteiger partial charge in [0.25, 0.3) is 0 Å². The summed E-state index contributed by atoms with van der Waals surface area (Å²) in [7, 11) is 0. The number of hydrogen-bond acceptors (Lipinski definition) is 4. The molecule has 1 aliphatic carbocycles. The molecule has 1 fully saturated rings. The minimum absolute atomic E-state index is 0.192. The van der Waals surface area contributed by atoms with Gasteiger partial charge in [-0.15, -0.1) is 0 Å². The predicted molar refractivity (Wildman–Crippen MR) is 133 cm³/mol. The van der Waals surface area contributed by atoms with Gasteiger partial charge in [-0.1, -0.05) is 49.0 Å². The summed E-state index contributed by atoms with van der Waals surface area (Å²) in [5.74, 6) is 2.67. The van der Waals surface area contributed by atoms with E-state index < -0.39 is 0 Å². The van der Waals surface area contributed by atoms with Crippen molar-refractivity contribution < 1.29 is 18.7 Å². The van der Waals surface area contributed by atoms with Gasteiger partial charge in [0.2, 0.25) is 5.78 Å². The van der Waals surface area contributed by atoms with E-state index in [9.17, 15) is 4.79 Å². The lowest BCUT2D eigenvalue weighted by Crippen LogP contribution is -2.04. The maximum Gasteiger partial charge on any atom is 0.229 e. The first kappa shape index (κ1) is 20.5. The summed E-state index contributed by atoms with van der Waals surface area (Å²) < 4.78 is 18.2. The molecule has 0 unspecified atom stereocenters. The minimum Gasteiger partial charge on any atom is -0.493 e. The number of carbonyl (C=O) groups is 1.